The van der Waals surface area contributed by atoms with E-state index >= 15 is 0 Å². The summed E-state index contributed by atoms with van der Waals surface area (Å²) in [7, 11) is 0. The van der Waals surface area contributed by atoms with Crippen LogP contribution in [0.1, 0.15) is 59.8 Å². The fraction of sp³-hybridized carbons (Fsp3) is 0.500. The van der Waals surface area contributed by atoms with Crippen LogP contribution >= 0.6 is 0 Å². The number of aromatic amines is 1. The number of hydrogen-bond donors (Lipinski definition) is 2. The third-order valence-corrected chi connectivity index (χ3v) is 5.52. The fourth-order valence-corrected chi connectivity index (χ4v) is 3.78. The Morgan fingerprint density at radius 3 is 2.52 bits per heavy atom. The minimum Gasteiger partial charge on any atom is -0.343 e. The van der Waals surface area contributed by atoms with Gasteiger partial charge < -0.3 is 10.2 Å². The zero-order valence-electron chi connectivity index (χ0n) is 17.3. The van der Waals surface area contributed by atoms with Crippen LogP contribution in [0.4, 0.5) is 13.2 Å². The number of alkyl halides is 3. The molecule has 2 amide bonds. The van der Waals surface area contributed by atoms with Crippen LogP contribution in [0.15, 0.2) is 36.4 Å². The first-order valence-corrected chi connectivity index (χ1v) is 10.5. The molecule has 1 aliphatic heterocycles. The minimum absolute atomic E-state index is 0.0591. The lowest BCUT2D eigenvalue weighted by Crippen LogP contribution is -2.37. The molecule has 3 rings (SSSR count). The molecule has 1 fully saturated rings. The van der Waals surface area contributed by atoms with Gasteiger partial charge in [-0.2, -0.15) is 18.3 Å². The van der Waals surface area contributed by atoms with E-state index in [4.69, 9.17) is 0 Å². The number of H-pyrrole nitrogens is 1. The molecular weight excluding hydrogens is 409 g/mol. The van der Waals surface area contributed by atoms with Crippen molar-refractivity contribution in [2.24, 2.45) is 0 Å². The predicted octanol–water partition coefficient (Wildman–Crippen LogP) is 3.82. The third-order valence-electron chi connectivity index (χ3n) is 5.52. The van der Waals surface area contributed by atoms with Crippen molar-refractivity contribution in [3.63, 3.8) is 0 Å². The molecule has 2 aromatic rings. The number of likely N-dealkylation sites (tertiary alicyclic amines) is 1. The summed E-state index contributed by atoms with van der Waals surface area (Å²) in [4.78, 5) is 26.1. The topological polar surface area (TPSA) is 78.1 Å². The van der Waals surface area contributed by atoms with Gasteiger partial charge in [0.2, 0.25) is 5.91 Å². The SMILES string of the molecule is O=C(NCC(F)(F)F)c1cc(C2CCN(C(=O)CCCCc3ccccc3)CC2)[nH]n1. The number of hydrogen-bond acceptors (Lipinski definition) is 3. The number of carbonyl (C=O) groups is 2. The first kappa shape index (κ1) is 22.8. The Labute approximate surface area is 179 Å². The van der Waals surface area contributed by atoms with Gasteiger partial charge in [-0.3, -0.25) is 14.7 Å². The maximum absolute atomic E-state index is 12.5. The lowest BCUT2D eigenvalue weighted by atomic mass is 9.93. The molecule has 9 heteroatoms. The summed E-state index contributed by atoms with van der Waals surface area (Å²) in [6, 6.07) is 11.7. The standard InChI is InChI=1S/C22H27F3N4O2/c23-22(24,25)15-26-21(31)19-14-18(27-28-19)17-10-12-29(13-11-17)20(30)9-5-4-8-16-6-2-1-3-7-16/h1-3,6-7,14,17H,4-5,8-13,15H2,(H,26,31)(H,27,28). The number of rotatable bonds is 8. The third kappa shape index (κ3) is 7.11. The Hall–Kier alpha value is -2.84. The highest BCUT2D eigenvalue weighted by Crippen LogP contribution is 2.27. The molecule has 0 atom stereocenters. The minimum atomic E-state index is -4.46. The summed E-state index contributed by atoms with van der Waals surface area (Å²) in [6.07, 6.45) is 0.308. The van der Waals surface area contributed by atoms with Crippen molar-refractivity contribution in [1.29, 1.82) is 0 Å². The number of aryl methyl sites for hydroxylation is 1. The van der Waals surface area contributed by atoms with Crippen LogP contribution in [0.3, 0.4) is 0 Å². The van der Waals surface area contributed by atoms with Crippen LogP contribution in [-0.4, -0.2) is 52.7 Å². The Balaban J connectivity index is 1.38. The van der Waals surface area contributed by atoms with Crippen molar-refractivity contribution in [2.75, 3.05) is 19.6 Å². The number of amides is 2. The first-order chi connectivity index (χ1) is 14.8. The van der Waals surface area contributed by atoms with Gasteiger partial charge in [0, 0.05) is 31.1 Å². The van der Waals surface area contributed by atoms with E-state index in [-0.39, 0.29) is 17.5 Å². The van der Waals surface area contributed by atoms with Crippen molar-refractivity contribution in [1.82, 2.24) is 20.4 Å². The Bertz CT molecular complexity index is 859. The van der Waals surface area contributed by atoms with Crippen molar-refractivity contribution in [2.45, 2.75) is 50.6 Å². The van der Waals surface area contributed by atoms with Gasteiger partial charge in [0.05, 0.1) is 0 Å². The van der Waals surface area contributed by atoms with Crippen LogP contribution < -0.4 is 5.32 Å². The zero-order chi connectivity index (χ0) is 22.3. The molecule has 0 bridgehead atoms. The number of unbranched alkanes of at least 4 members (excludes halogenated alkanes) is 1. The average molecular weight is 436 g/mol. The van der Waals surface area contributed by atoms with Crippen LogP contribution in [0, 0.1) is 0 Å². The Kier molecular flexibility index (Phi) is 7.70. The smallest absolute Gasteiger partial charge is 0.343 e. The summed E-state index contributed by atoms with van der Waals surface area (Å²) in [6.45, 7) is -0.145. The van der Waals surface area contributed by atoms with Gasteiger partial charge in [0.25, 0.3) is 5.91 Å². The molecule has 6 nitrogen and oxygen atoms in total. The summed E-state index contributed by atoms with van der Waals surface area (Å²) >= 11 is 0. The van der Waals surface area contributed by atoms with E-state index < -0.39 is 18.6 Å². The highest BCUT2D eigenvalue weighted by Gasteiger charge is 2.29. The second-order valence-electron chi connectivity index (χ2n) is 7.85. The largest absolute Gasteiger partial charge is 0.405 e. The molecule has 1 aromatic carbocycles. The number of nitrogens with one attached hydrogen (secondary N) is 2. The molecule has 0 aliphatic carbocycles. The molecule has 2 heterocycles. The summed E-state index contributed by atoms with van der Waals surface area (Å²) in [5.41, 5.74) is 1.94. The molecule has 31 heavy (non-hydrogen) atoms. The van der Waals surface area contributed by atoms with E-state index in [1.807, 2.05) is 28.4 Å². The van der Waals surface area contributed by atoms with Crippen molar-refractivity contribution >= 4 is 11.8 Å². The number of piperidine rings is 1. The van der Waals surface area contributed by atoms with Gasteiger partial charge in [-0.25, -0.2) is 0 Å². The van der Waals surface area contributed by atoms with Gasteiger partial charge in [-0.15, -0.1) is 0 Å². The van der Waals surface area contributed by atoms with E-state index in [1.165, 1.54) is 11.6 Å². The van der Waals surface area contributed by atoms with E-state index in [2.05, 4.69) is 22.3 Å². The summed E-state index contributed by atoms with van der Waals surface area (Å²) in [5.74, 6) is -0.606. The highest BCUT2D eigenvalue weighted by atomic mass is 19.4. The van der Waals surface area contributed by atoms with Crippen LogP contribution in [0.25, 0.3) is 0 Å². The van der Waals surface area contributed by atoms with Crippen LogP contribution in [-0.2, 0) is 11.2 Å². The quantitative estimate of drug-likeness (QED) is 0.618. The maximum Gasteiger partial charge on any atom is 0.405 e. The molecule has 0 unspecified atom stereocenters. The highest BCUT2D eigenvalue weighted by molar-refractivity contribution is 5.92. The number of nitrogens with zero attached hydrogens (tertiary/aromatic N) is 2. The first-order valence-electron chi connectivity index (χ1n) is 10.5. The fourth-order valence-electron chi connectivity index (χ4n) is 3.78. The van der Waals surface area contributed by atoms with Gasteiger partial charge in [0.15, 0.2) is 0 Å². The number of aromatic nitrogens is 2. The van der Waals surface area contributed by atoms with E-state index in [0.717, 1.165) is 32.1 Å². The number of benzene rings is 1. The van der Waals surface area contributed by atoms with Crippen molar-refractivity contribution in [3.05, 3.63) is 53.3 Å². The van der Waals surface area contributed by atoms with Gasteiger partial charge in [0.1, 0.15) is 12.2 Å². The number of carbonyl (C=O) groups excluding carboxylic acids is 2. The van der Waals surface area contributed by atoms with Gasteiger partial charge in [-0.1, -0.05) is 30.3 Å². The molecule has 0 spiro atoms. The van der Waals surface area contributed by atoms with Crippen LogP contribution in [0.2, 0.25) is 0 Å². The van der Waals surface area contributed by atoms with Crippen molar-refractivity contribution in [3.8, 4) is 0 Å². The lowest BCUT2D eigenvalue weighted by molar-refractivity contribution is -0.132. The van der Waals surface area contributed by atoms with Crippen molar-refractivity contribution < 1.29 is 22.8 Å². The van der Waals surface area contributed by atoms with Gasteiger partial charge in [-0.05, 0) is 43.7 Å². The second-order valence-corrected chi connectivity index (χ2v) is 7.85. The summed E-state index contributed by atoms with van der Waals surface area (Å²) in [5, 5.41) is 8.41. The van der Waals surface area contributed by atoms with E-state index in [1.54, 1.807) is 0 Å². The second kappa shape index (κ2) is 10.5. The average Bonchev–Trinajstić information content (AvgIpc) is 3.26. The van der Waals surface area contributed by atoms with E-state index in [9.17, 15) is 22.8 Å². The maximum atomic E-state index is 12.5. The zero-order valence-corrected chi connectivity index (χ0v) is 17.3. The lowest BCUT2D eigenvalue weighted by Gasteiger charge is -2.31. The molecule has 1 aromatic heterocycles. The molecule has 2 N–H and O–H groups in total. The molecule has 0 radical (unpaired) electrons. The monoisotopic (exact) mass is 436 g/mol. The molecular formula is C22H27F3N4O2. The Morgan fingerprint density at radius 1 is 1.13 bits per heavy atom. The van der Waals surface area contributed by atoms with E-state index in [0.29, 0.717) is 25.2 Å². The summed E-state index contributed by atoms with van der Waals surface area (Å²) < 4.78 is 36.7. The van der Waals surface area contributed by atoms with Gasteiger partial charge >= 0.3 is 6.18 Å². The normalized spacial score (nSPS) is 15.1. The molecule has 1 aliphatic rings. The number of halogens is 3. The predicted molar refractivity (Wildman–Crippen MR) is 110 cm³/mol. The molecule has 0 saturated carbocycles. The van der Waals surface area contributed by atoms with Crippen LogP contribution in [0.5, 0.6) is 0 Å². The molecule has 1 saturated heterocycles. The Morgan fingerprint density at radius 2 is 1.84 bits per heavy atom. The molecule has 168 valence electrons.